The third-order valence-corrected chi connectivity index (χ3v) is 7.39. The van der Waals surface area contributed by atoms with Crippen LogP contribution in [0.4, 0.5) is 19.0 Å². The molecule has 2 aromatic heterocycles. The molecule has 1 aliphatic rings. The Labute approximate surface area is 163 Å². The lowest BCUT2D eigenvalue weighted by molar-refractivity contribution is -0.137. The van der Waals surface area contributed by atoms with Gasteiger partial charge in [-0.25, -0.2) is 18.4 Å². The molecule has 1 aromatic carbocycles. The molecule has 0 unspecified atom stereocenters. The Morgan fingerprint density at radius 3 is 2.29 bits per heavy atom. The summed E-state index contributed by atoms with van der Waals surface area (Å²) in [6, 6.07) is 5.49. The molecule has 0 amide bonds. The summed E-state index contributed by atoms with van der Waals surface area (Å²) in [7, 11) is -3.85. The van der Waals surface area contributed by atoms with Crippen LogP contribution in [-0.4, -0.2) is 48.9 Å². The molecule has 6 nitrogen and oxygen atoms in total. The first kappa shape index (κ1) is 19.1. The summed E-state index contributed by atoms with van der Waals surface area (Å²) < 4.78 is 65.8. The predicted octanol–water partition coefficient (Wildman–Crippen LogP) is 3.22. The number of rotatable bonds is 3. The molecule has 0 N–H and O–H groups in total. The van der Waals surface area contributed by atoms with Gasteiger partial charge in [0.15, 0.2) is 0 Å². The van der Waals surface area contributed by atoms with Crippen LogP contribution in [0.3, 0.4) is 0 Å². The molecule has 0 atom stereocenters. The van der Waals surface area contributed by atoms with E-state index >= 15 is 0 Å². The first-order valence-corrected chi connectivity index (χ1v) is 10.7. The Hall–Kier alpha value is -2.24. The van der Waals surface area contributed by atoms with E-state index in [1.165, 1.54) is 22.0 Å². The van der Waals surface area contributed by atoms with Crippen molar-refractivity contribution in [3.63, 3.8) is 0 Å². The molecule has 1 aliphatic heterocycles. The van der Waals surface area contributed by atoms with Crippen LogP contribution in [-0.2, 0) is 16.2 Å². The summed E-state index contributed by atoms with van der Waals surface area (Å²) in [5.41, 5.74) is -0.0326. The van der Waals surface area contributed by atoms with Crippen molar-refractivity contribution >= 4 is 37.4 Å². The lowest BCUT2D eigenvalue weighted by atomic mass is 10.2. The highest BCUT2D eigenvalue weighted by Gasteiger charge is 2.33. The Morgan fingerprint density at radius 2 is 1.64 bits per heavy atom. The molecule has 1 fully saturated rings. The van der Waals surface area contributed by atoms with Crippen molar-refractivity contribution in [1.29, 1.82) is 0 Å². The third kappa shape index (κ3) is 3.45. The van der Waals surface area contributed by atoms with Crippen LogP contribution in [0.1, 0.15) is 5.56 Å². The van der Waals surface area contributed by atoms with Crippen LogP contribution in [0.5, 0.6) is 0 Å². The van der Waals surface area contributed by atoms with Gasteiger partial charge in [-0.1, -0.05) is 0 Å². The van der Waals surface area contributed by atoms with Crippen molar-refractivity contribution in [2.75, 3.05) is 31.1 Å². The van der Waals surface area contributed by atoms with E-state index < -0.39 is 21.8 Å². The summed E-state index contributed by atoms with van der Waals surface area (Å²) in [4.78, 5) is 10.4. The van der Waals surface area contributed by atoms with Crippen molar-refractivity contribution in [1.82, 2.24) is 14.3 Å². The number of halogens is 3. The monoisotopic (exact) mass is 428 g/mol. The Bertz CT molecular complexity index is 1090. The zero-order chi connectivity index (χ0) is 19.9. The van der Waals surface area contributed by atoms with Crippen molar-refractivity contribution < 1.29 is 21.6 Å². The molecule has 28 heavy (non-hydrogen) atoms. The van der Waals surface area contributed by atoms with Gasteiger partial charge >= 0.3 is 6.18 Å². The van der Waals surface area contributed by atoms with Gasteiger partial charge in [-0.3, -0.25) is 0 Å². The van der Waals surface area contributed by atoms with E-state index in [9.17, 15) is 21.6 Å². The number of anilines is 1. The summed E-state index contributed by atoms with van der Waals surface area (Å²) in [5.74, 6) is 0.770. The molecule has 11 heteroatoms. The molecule has 3 heterocycles. The highest BCUT2D eigenvalue weighted by molar-refractivity contribution is 7.89. The fourth-order valence-corrected chi connectivity index (χ4v) is 5.39. The van der Waals surface area contributed by atoms with Crippen molar-refractivity contribution in [2.45, 2.75) is 11.1 Å². The normalized spacial score (nSPS) is 16.6. The van der Waals surface area contributed by atoms with E-state index in [4.69, 9.17) is 0 Å². The molecule has 0 radical (unpaired) electrons. The number of hydrogen-bond acceptors (Lipinski definition) is 6. The summed E-state index contributed by atoms with van der Waals surface area (Å²) in [6.07, 6.45) is -3.02. The second kappa shape index (κ2) is 6.98. The summed E-state index contributed by atoms with van der Waals surface area (Å²) in [5, 5.41) is 1.92. The second-order valence-corrected chi connectivity index (χ2v) is 9.10. The Balaban J connectivity index is 1.50. The number of piperazine rings is 1. The minimum Gasteiger partial charge on any atom is -0.353 e. The Kier molecular flexibility index (Phi) is 4.76. The quantitative estimate of drug-likeness (QED) is 0.641. The zero-order valence-corrected chi connectivity index (χ0v) is 16.1. The fraction of sp³-hybridized carbons (Fsp3) is 0.294. The van der Waals surface area contributed by atoms with E-state index in [2.05, 4.69) is 9.97 Å². The Morgan fingerprint density at radius 1 is 0.964 bits per heavy atom. The van der Waals surface area contributed by atoms with Crippen molar-refractivity contribution in [3.8, 4) is 0 Å². The van der Waals surface area contributed by atoms with Gasteiger partial charge in [-0.05, 0) is 35.7 Å². The number of nitrogens with zero attached hydrogens (tertiary/aromatic N) is 4. The smallest absolute Gasteiger partial charge is 0.353 e. The minimum absolute atomic E-state index is 0.142. The largest absolute Gasteiger partial charge is 0.416 e. The van der Waals surface area contributed by atoms with Crippen LogP contribution >= 0.6 is 11.3 Å². The van der Waals surface area contributed by atoms with Crippen LogP contribution in [0, 0.1) is 0 Å². The molecule has 3 aromatic rings. The van der Waals surface area contributed by atoms with E-state index in [1.807, 2.05) is 16.3 Å². The standard InChI is InChI=1S/C17H15F3N4O2S2/c18-17(19,20)12-1-3-13(4-2-12)28(25,26)24-8-6-23(7-9-24)16-15-14(5-10-27-15)21-11-22-16/h1-5,10-11H,6-9H2. The van der Waals surface area contributed by atoms with Gasteiger partial charge in [0.2, 0.25) is 10.0 Å². The molecule has 4 rings (SSSR count). The van der Waals surface area contributed by atoms with Crippen molar-refractivity contribution in [3.05, 3.63) is 47.6 Å². The van der Waals surface area contributed by atoms with E-state index in [0.717, 1.165) is 40.3 Å². The number of aromatic nitrogens is 2. The minimum atomic E-state index is -4.50. The topological polar surface area (TPSA) is 66.4 Å². The molecule has 0 spiro atoms. The first-order chi connectivity index (χ1) is 13.3. The molecular weight excluding hydrogens is 413 g/mol. The maximum absolute atomic E-state index is 12.8. The third-order valence-electron chi connectivity index (χ3n) is 4.58. The maximum atomic E-state index is 12.8. The van der Waals surface area contributed by atoms with Crippen molar-refractivity contribution in [2.24, 2.45) is 0 Å². The number of benzene rings is 1. The van der Waals surface area contributed by atoms with Gasteiger partial charge in [-0.15, -0.1) is 11.3 Å². The maximum Gasteiger partial charge on any atom is 0.416 e. The molecule has 0 bridgehead atoms. The SMILES string of the molecule is O=S(=O)(c1ccc(C(F)(F)F)cc1)N1CCN(c2ncnc3ccsc23)CC1. The molecule has 1 saturated heterocycles. The molecule has 0 aliphatic carbocycles. The van der Waals surface area contributed by atoms with E-state index in [1.54, 1.807) is 0 Å². The van der Waals surface area contributed by atoms with Gasteiger partial charge in [0.25, 0.3) is 0 Å². The molecule has 0 saturated carbocycles. The average Bonchev–Trinajstić information content (AvgIpc) is 3.16. The lowest BCUT2D eigenvalue weighted by Crippen LogP contribution is -2.48. The van der Waals surface area contributed by atoms with Crippen LogP contribution < -0.4 is 4.90 Å². The fourth-order valence-electron chi connectivity index (χ4n) is 3.11. The van der Waals surface area contributed by atoms with E-state index in [0.29, 0.717) is 13.1 Å². The van der Waals surface area contributed by atoms with Crippen LogP contribution in [0.25, 0.3) is 10.2 Å². The highest BCUT2D eigenvalue weighted by Crippen LogP contribution is 2.31. The summed E-state index contributed by atoms with van der Waals surface area (Å²) in [6.45, 7) is 1.31. The van der Waals surface area contributed by atoms with Crippen LogP contribution in [0.2, 0.25) is 0 Å². The second-order valence-electron chi connectivity index (χ2n) is 6.25. The highest BCUT2D eigenvalue weighted by atomic mass is 32.2. The van der Waals surface area contributed by atoms with Gasteiger partial charge < -0.3 is 4.90 Å². The molecular formula is C17H15F3N4O2S2. The predicted molar refractivity (Wildman–Crippen MR) is 99.8 cm³/mol. The number of thiophene rings is 1. The lowest BCUT2D eigenvalue weighted by Gasteiger charge is -2.34. The van der Waals surface area contributed by atoms with Crippen LogP contribution in [0.15, 0.2) is 46.9 Å². The van der Waals surface area contributed by atoms with E-state index in [-0.39, 0.29) is 18.0 Å². The number of hydrogen-bond donors (Lipinski definition) is 0. The van der Waals surface area contributed by atoms with Gasteiger partial charge in [0.05, 0.1) is 20.7 Å². The van der Waals surface area contributed by atoms with Gasteiger partial charge in [0.1, 0.15) is 12.1 Å². The summed E-state index contributed by atoms with van der Waals surface area (Å²) >= 11 is 1.52. The molecule has 148 valence electrons. The van der Waals surface area contributed by atoms with Gasteiger partial charge in [-0.2, -0.15) is 17.5 Å². The first-order valence-electron chi connectivity index (χ1n) is 8.37. The zero-order valence-electron chi connectivity index (χ0n) is 14.4. The number of sulfonamides is 1. The number of fused-ring (bicyclic) bond motifs is 1. The van der Waals surface area contributed by atoms with Gasteiger partial charge in [0, 0.05) is 26.2 Å². The number of alkyl halides is 3. The average molecular weight is 428 g/mol.